The molecule has 2 aromatic carbocycles. The van der Waals surface area contributed by atoms with E-state index >= 15 is 0 Å². The van der Waals surface area contributed by atoms with Gasteiger partial charge >= 0.3 is 0 Å². The maximum absolute atomic E-state index is 13.2. The Morgan fingerprint density at radius 2 is 1.86 bits per heavy atom. The first kappa shape index (κ1) is 19.6. The van der Waals surface area contributed by atoms with Crippen LogP contribution in [0.4, 0.5) is 4.39 Å². The Labute approximate surface area is 164 Å². The molecule has 0 atom stereocenters. The first-order chi connectivity index (χ1) is 13.6. The Morgan fingerprint density at radius 3 is 2.54 bits per heavy atom. The summed E-state index contributed by atoms with van der Waals surface area (Å²) in [5.41, 5.74) is 9.36. The number of ether oxygens (including phenoxy) is 1. The van der Waals surface area contributed by atoms with E-state index in [4.69, 9.17) is 10.5 Å². The van der Waals surface area contributed by atoms with Gasteiger partial charge in [-0.2, -0.15) is 0 Å². The molecule has 0 aliphatic heterocycles. The van der Waals surface area contributed by atoms with E-state index < -0.39 is 0 Å². The molecule has 0 saturated heterocycles. The topological polar surface area (TPSA) is 60.2 Å². The van der Waals surface area contributed by atoms with Crippen molar-refractivity contribution in [1.82, 2.24) is 10.3 Å². The van der Waals surface area contributed by atoms with E-state index in [9.17, 15) is 4.39 Å². The molecular formula is C23H24FN3O. The van der Waals surface area contributed by atoms with Crippen LogP contribution in [0, 0.1) is 5.82 Å². The van der Waals surface area contributed by atoms with Gasteiger partial charge in [0.25, 0.3) is 0 Å². The normalized spacial score (nSPS) is 11.4. The fourth-order valence-corrected chi connectivity index (χ4v) is 2.73. The average Bonchev–Trinajstić information content (AvgIpc) is 2.72. The molecule has 1 aromatic heterocycles. The lowest BCUT2D eigenvalue weighted by molar-refractivity contribution is 0.480. The highest BCUT2D eigenvalue weighted by molar-refractivity contribution is 5.59. The third kappa shape index (κ3) is 5.66. The zero-order valence-corrected chi connectivity index (χ0v) is 15.9. The van der Waals surface area contributed by atoms with Crippen LogP contribution >= 0.6 is 0 Å². The van der Waals surface area contributed by atoms with Crippen LogP contribution in [0.2, 0.25) is 0 Å². The molecule has 0 radical (unpaired) electrons. The molecular weight excluding hydrogens is 353 g/mol. The number of nitrogens with two attached hydrogens (primary N) is 1. The van der Waals surface area contributed by atoms with Crippen LogP contribution in [0.15, 0.2) is 72.9 Å². The highest BCUT2D eigenvalue weighted by Crippen LogP contribution is 2.21. The molecule has 5 heteroatoms. The molecule has 3 N–H and O–H groups in total. The van der Waals surface area contributed by atoms with E-state index in [0.29, 0.717) is 11.4 Å². The van der Waals surface area contributed by atoms with Crippen molar-refractivity contribution in [3.63, 3.8) is 0 Å². The lowest BCUT2D eigenvalue weighted by Crippen LogP contribution is -2.16. The summed E-state index contributed by atoms with van der Waals surface area (Å²) >= 11 is 0. The van der Waals surface area contributed by atoms with Crippen LogP contribution < -0.4 is 15.8 Å². The van der Waals surface area contributed by atoms with Gasteiger partial charge in [-0.1, -0.05) is 30.3 Å². The number of allylic oxidation sites excluding steroid dienone is 1. The van der Waals surface area contributed by atoms with Crippen LogP contribution in [-0.2, 0) is 13.0 Å². The van der Waals surface area contributed by atoms with Crippen molar-refractivity contribution in [3.05, 3.63) is 95.6 Å². The van der Waals surface area contributed by atoms with Gasteiger partial charge in [-0.3, -0.25) is 4.98 Å². The fraction of sp³-hybridized carbons (Fsp3) is 0.174. The van der Waals surface area contributed by atoms with E-state index in [0.717, 1.165) is 42.1 Å². The van der Waals surface area contributed by atoms with Crippen molar-refractivity contribution in [2.45, 2.75) is 19.9 Å². The van der Waals surface area contributed by atoms with Crippen LogP contribution in [0.25, 0.3) is 5.70 Å². The summed E-state index contributed by atoms with van der Waals surface area (Å²) in [4.78, 5) is 4.29. The summed E-state index contributed by atoms with van der Waals surface area (Å²) in [5, 5.41) is 3.37. The monoisotopic (exact) mass is 377 g/mol. The smallest absolute Gasteiger partial charge is 0.145 e. The number of aromatic nitrogens is 1. The van der Waals surface area contributed by atoms with E-state index in [1.165, 1.54) is 6.07 Å². The van der Waals surface area contributed by atoms with Crippen molar-refractivity contribution >= 4 is 5.70 Å². The molecule has 3 rings (SSSR count). The minimum atomic E-state index is -0.191. The first-order valence-electron chi connectivity index (χ1n) is 9.24. The number of benzene rings is 2. The van der Waals surface area contributed by atoms with Gasteiger partial charge in [-0.25, -0.2) is 4.39 Å². The van der Waals surface area contributed by atoms with Gasteiger partial charge in [0, 0.05) is 6.54 Å². The molecule has 0 fully saturated rings. The second-order valence-corrected chi connectivity index (χ2v) is 6.43. The Balaban J connectivity index is 1.47. The molecule has 0 unspecified atom stereocenters. The summed E-state index contributed by atoms with van der Waals surface area (Å²) in [6, 6.07) is 18.3. The summed E-state index contributed by atoms with van der Waals surface area (Å²) in [6.45, 7) is 3.41. The zero-order chi connectivity index (χ0) is 19.8. The third-order valence-corrected chi connectivity index (χ3v) is 4.31. The van der Waals surface area contributed by atoms with Crippen LogP contribution in [-0.4, -0.2) is 11.5 Å². The molecule has 0 aliphatic carbocycles. The third-order valence-electron chi connectivity index (χ3n) is 4.31. The molecule has 1 heterocycles. The Bertz CT molecular complexity index is 921. The highest BCUT2D eigenvalue weighted by Gasteiger charge is 2.02. The van der Waals surface area contributed by atoms with Crippen LogP contribution in [0.3, 0.4) is 0 Å². The van der Waals surface area contributed by atoms with Gasteiger partial charge in [0.05, 0.1) is 17.6 Å². The van der Waals surface area contributed by atoms with Crippen LogP contribution in [0.5, 0.6) is 11.5 Å². The quantitative estimate of drug-likeness (QED) is 0.560. The van der Waals surface area contributed by atoms with Gasteiger partial charge in [0.1, 0.15) is 17.3 Å². The van der Waals surface area contributed by atoms with Crippen molar-refractivity contribution in [2.75, 3.05) is 6.54 Å². The maximum atomic E-state index is 13.2. The second kappa shape index (κ2) is 9.67. The Kier molecular flexibility index (Phi) is 6.76. The molecule has 144 valence electrons. The average molecular weight is 377 g/mol. The highest BCUT2D eigenvalue weighted by atomic mass is 19.1. The van der Waals surface area contributed by atoms with Crippen molar-refractivity contribution in [1.29, 1.82) is 0 Å². The lowest BCUT2D eigenvalue weighted by atomic mass is 10.1. The van der Waals surface area contributed by atoms with E-state index in [-0.39, 0.29) is 5.82 Å². The van der Waals surface area contributed by atoms with E-state index in [2.05, 4.69) is 10.3 Å². The van der Waals surface area contributed by atoms with Gasteiger partial charge in [-0.05, 0) is 67.4 Å². The lowest BCUT2D eigenvalue weighted by Gasteiger charge is -2.08. The molecule has 0 saturated carbocycles. The molecule has 0 spiro atoms. The SMILES string of the molecule is CC=C(N)c1ccc(Oc2ccc(CNCCc3cccc(F)c3)cc2)cn1. The Morgan fingerprint density at radius 1 is 1.07 bits per heavy atom. The number of nitrogens with one attached hydrogen (secondary N) is 1. The predicted octanol–water partition coefficient (Wildman–Crippen LogP) is 4.66. The van der Waals surface area contributed by atoms with Gasteiger partial charge in [0.15, 0.2) is 0 Å². The number of hydrogen-bond acceptors (Lipinski definition) is 4. The van der Waals surface area contributed by atoms with Crippen molar-refractivity contribution < 1.29 is 9.13 Å². The maximum Gasteiger partial charge on any atom is 0.145 e. The van der Waals surface area contributed by atoms with Gasteiger partial charge in [-0.15, -0.1) is 0 Å². The van der Waals surface area contributed by atoms with Crippen LogP contribution in [0.1, 0.15) is 23.7 Å². The van der Waals surface area contributed by atoms with Crippen molar-refractivity contribution in [3.8, 4) is 11.5 Å². The summed E-state index contributed by atoms with van der Waals surface area (Å²) < 4.78 is 19.0. The first-order valence-corrected chi connectivity index (χ1v) is 9.24. The van der Waals surface area contributed by atoms with Gasteiger partial charge in [0.2, 0.25) is 0 Å². The molecule has 4 nitrogen and oxygen atoms in total. The second-order valence-electron chi connectivity index (χ2n) is 6.43. The molecule has 0 aliphatic rings. The van der Waals surface area contributed by atoms with Crippen molar-refractivity contribution in [2.24, 2.45) is 5.73 Å². The fourth-order valence-electron chi connectivity index (χ4n) is 2.73. The predicted molar refractivity (Wildman–Crippen MR) is 110 cm³/mol. The van der Waals surface area contributed by atoms with Gasteiger partial charge < -0.3 is 15.8 Å². The largest absolute Gasteiger partial charge is 0.456 e. The Hall–Kier alpha value is -3.18. The number of hydrogen-bond donors (Lipinski definition) is 2. The minimum absolute atomic E-state index is 0.191. The minimum Gasteiger partial charge on any atom is -0.456 e. The number of rotatable bonds is 8. The summed E-state index contributed by atoms with van der Waals surface area (Å²) in [6.07, 6.45) is 4.26. The molecule has 3 aromatic rings. The summed E-state index contributed by atoms with van der Waals surface area (Å²) in [5.74, 6) is 1.22. The molecule has 0 bridgehead atoms. The number of pyridine rings is 1. The standard InChI is InChI=1S/C23H24FN3O/c1-2-22(25)23-11-10-21(16-27-23)28-20-8-6-18(7-9-20)15-26-13-12-17-4-3-5-19(24)14-17/h2-11,14,16,26H,12-13,15,25H2,1H3. The number of halogens is 1. The van der Waals surface area contributed by atoms with E-state index in [1.54, 1.807) is 18.3 Å². The number of nitrogens with zero attached hydrogens (tertiary/aromatic N) is 1. The summed E-state index contributed by atoms with van der Waals surface area (Å²) in [7, 11) is 0. The zero-order valence-electron chi connectivity index (χ0n) is 15.9. The van der Waals surface area contributed by atoms with E-state index in [1.807, 2.05) is 55.5 Å². The molecule has 28 heavy (non-hydrogen) atoms. The molecule has 0 amide bonds.